The fraction of sp³-hybridized carbons (Fsp3) is 0.188. The molecule has 2 rings (SSSR count). The molecular formula is C16H18N2O2. The molecule has 0 spiro atoms. The van der Waals surface area contributed by atoms with Gasteiger partial charge in [0, 0.05) is 5.56 Å². The molecule has 20 heavy (non-hydrogen) atoms. The van der Waals surface area contributed by atoms with Gasteiger partial charge in [-0.15, -0.1) is 0 Å². The van der Waals surface area contributed by atoms with Crippen LogP contribution in [-0.4, -0.2) is 12.5 Å². The van der Waals surface area contributed by atoms with Crippen molar-refractivity contribution < 1.29 is 9.53 Å². The number of aryl methyl sites for hydroxylation is 1. The van der Waals surface area contributed by atoms with E-state index in [1.165, 1.54) is 0 Å². The van der Waals surface area contributed by atoms with E-state index in [1.807, 2.05) is 26.0 Å². The highest BCUT2D eigenvalue weighted by molar-refractivity contribution is 6.05. The minimum atomic E-state index is -0.191. The number of carbonyl (C=O) groups is 1. The SMILES string of the molecule is CCOc1ccc(C(=O)Nc2ccc(C)cc2N)cc1. The standard InChI is InChI=1S/C16H18N2O2/c1-3-20-13-7-5-12(6-8-13)16(19)18-15-9-4-11(2)10-14(15)17/h4-10H,3,17H2,1-2H3,(H,18,19). The Morgan fingerprint density at radius 2 is 1.90 bits per heavy atom. The predicted molar refractivity (Wildman–Crippen MR) is 81.2 cm³/mol. The van der Waals surface area contributed by atoms with Gasteiger partial charge in [-0.3, -0.25) is 4.79 Å². The van der Waals surface area contributed by atoms with Gasteiger partial charge in [-0.05, 0) is 55.8 Å². The van der Waals surface area contributed by atoms with Gasteiger partial charge in [-0.1, -0.05) is 6.07 Å². The maximum absolute atomic E-state index is 12.1. The number of amides is 1. The van der Waals surface area contributed by atoms with Crippen molar-refractivity contribution in [3.05, 3.63) is 53.6 Å². The van der Waals surface area contributed by atoms with E-state index in [2.05, 4.69) is 5.32 Å². The topological polar surface area (TPSA) is 64.3 Å². The minimum Gasteiger partial charge on any atom is -0.494 e. The average Bonchev–Trinajstić information content (AvgIpc) is 2.43. The molecule has 0 radical (unpaired) electrons. The monoisotopic (exact) mass is 270 g/mol. The second-order valence-electron chi connectivity index (χ2n) is 4.50. The Balaban J connectivity index is 2.11. The number of nitrogens with two attached hydrogens (primary N) is 1. The molecular weight excluding hydrogens is 252 g/mol. The van der Waals surface area contributed by atoms with Gasteiger partial charge in [-0.25, -0.2) is 0 Å². The van der Waals surface area contributed by atoms with E-state index in [9.17, 15) is 4.79 Å². The summed E-state index contributed by atoms with van der Waals surface area (Å²) in [5, 5.41) is 2.80. The normalized spacial score (nSPS) is 10.1. The van der Waals surface area contributed by atoms with Crippen LogP contribution in [0.25, 0.3) is 0 Å². The van der Waals surface area contributed by atoms with Gasteiger partial charge in [0.2, 0.25) is 0 Å². The molecule has 0 unspecified atom stereocenters. The maximum Gasteiger partial charge on any atom is 0.255 e. The van der Waals surface area contributed by atoms with Crippen LogP contribution >= 0.6 is 0 Å². The molecule has 2 aromatic carbocycles. The van der Waals surface area contributed by atoms with E-state index in [0.717, 1.165) is 11.3 Å². The zero-order valence-electron chi connectivity index (χ0n) is 11.6. The van der Waals surface area contributed by atoms with Crippen molar-refractivity contribution in [2.75, 3.05) is 17.7 Å². The molecule has 0 aliphatic rings. The van der Waals surface area contributed by atoms with E-state index in [-0.39, 0.29) is 5.91 Å². The summed E-state index contributed by atoms with van der Waals surface area (Å²) in [4.78, 5) is 12.1. The van der Waals surface area contributed by atoms with Crippen LogP contribution in [0, 0.1) is 6.92 Å². The van der Waals surface area contributed by atoms with Crippen LogP contribution < -0.4 is 15.8 Å². The molecule has 0 bridgehead atoms. The number of benzene rings is 2. The highest BCUT2D eigenvalue weighted by Crippen LogP contribution is 2.20. The molecule has 3 N–H and O–H groups in total. The zero-order chi connectivity index (χ0) is 14.5. The number of hydrogen-bond acceptors (Lipinski definition) is 3. The Labute approximate surface area is 118 Å². The fourth-order valence-corrected chi connectivity index (χ4v) is 1.86. The van der Waals surface area contributed by atoms with Crippen molar-refractivity contribution >= 4 is 17.3 Å². The number of hydrogen-bond donors (Lipinski definition) is 2. The largest absolute Gasteiger partial charge is 0.494 e. The van der Waals surface area contributed by atoms with Crippen LogP contribution in [-0.2, 0) is 0 Å². The van der Waals surface area contributed by atoms with Crippen molar-refractivity contribution in [1.29, 1.82) is 0 Å². The minimum absolute atomic E-state index is 0.191. The third kappa shape index (κ3) is 3.29. The van der Waals surface area contributed by atoms with Gasteiger partial charge in [0.15, 0.2) is 0 Å². The Kier molecular flexibility index (Phi) is 4.25. The number of carbonyl (C=O) groups excluding carboxylic acids is 1. The zero-order valence-corrected chi connectivity index (χ0v) is 11.6. The van der Waals surface area contributed by atoms with Crippen LogP contribution in [0.2, 0.25) is 0 Å². The van der Waals surface area contributed by atoms with Crippen LogP contribution in [0.3, 0.4) is 0 Å². The second-order valence-corrected chi connectivity index (χ2v) is 4.50. The summed E-state index contributed by atoms with van der Waals surface area (Å²) in [7, 11) is 0. The van der Waals surface area contributed by atoms with Gasteiger partial charge < -0.3 is 15.8 Å². The van der Waals surface area contributed by atoms with Crippen molar-refractivity contribution in [2.45, 2.75) is 13.8 Å². The first-order valence-corrected chi connectivity index (χ1v) is 6.50. The van der Waals surface area contributed by atoms with Crippen molar-refractivity contribution in [3.8, 4) is 5.75 Å². The molecule has 4 nitrogen and oxygen atoms in total. The Morgan fingerprint density at radius 3 is 2.50 bits per heavy atom. The molecule has 104 valence electrons. The molecule has 0 fully saturated rings. The van der Waals surface area contributed by atoms with Gasteiger partial charge in [-0.2, -0.15) is 0 Å². The molecule has 4 heteroatoms. The predicted octanol–water partition coefficient (Wildman–Crippen LogP) is 3.23. The lowest BCUT2D eigenvalue weighted by atomic mass is 10.1. The van der Waals surface area contributed by atoms with Gasteiger partial charge in [0.05, 0.1) is 18.0 Å². The highest BCUT2D eigenvalue weighted by atomic mass is 16.5. The highest BCUT2D eigenvalue weighted by Gasteiger charge is 2.08. The van der Waals surface area contributed by atoms with E-state index in [4.69, 9.17) is 10.5 Å². The van der Waals surface area contributed by atoms with Gasteiger partial charge >= 0.3 is 0 Å². The number of anilines is 2. The summed E-state index contributed by atoms with van der Waals surface area (Å²) < 4.78 is 5.34. The molecule has 1 amide bonds. The average molecular weight is 270 g/mol. The lowest BCUT2D eigenvalue weighted by Gasteiger charge is -2.09. The van der Waals surface area contributed by atoms with E-state index in [0.29, 0.717) is 23.5 Å². The quantitative estimate of drug-likeness (QED) is 0.838. The number of rotatable bonds is 4. The molecule has 0 atom stereocenters. The Morgan fingerprint density at radius 1 is 1.20 bits per heavy atom. The first-order valence-electron chi connectivity index (χ1n) is 6.50. The molecule has 0 saturated heterocycles. The molecule has 0 aliphatic heterocycles. The summed E-state index contributed by atoms with van der Waals surface area (Å²) in [5.74, 6) is 0.558. The number of nitrogens with one attached hydrogen (secondary N) is 1. The molecule has 0 saturated carbocycles. The number of ether oxygens (including phenoxy) is 1. The lowest BCUT2D eigenvalue weighted by Crippen LogP contribution is -2.13. The Hall–Kier alpha value is -2.49. The van der Waals surface area contributed by atoms with E-state index >= 15 is 0 Å². The maximum atomic E-state index is 12.1. The van der Waals surface area contributed by atoms with E-state index < -0.39 is 0 Å². The van der Waals surface area contributed by atoms with Crippen LogP contribution in [0.5, 0.6) is 5.75 Å². The summed E-state index contributed by atoms with van der Waals surface area (Å²) in [5.41, 5.74) is 8.68. The van der Waals surface area contributed by atoms with Crippen LogP contribution in [0.4, 0.5) is 11.4 Å². The van der Waals surface area contributed by atoms with Crippen molar-refractivity contribution in [1.82, 2.24) is 0 Å². The van der Waals surface area contributed by atoms with Crippen LogP contribution in [0.1, 0.15) is 22.8 Å². The molecule has 0 heterocycles. The molecule has 0 aliphatic carbocycles. The molecule has 0 aromatic heterocycles. The second kappa shape index (κ2) is 6.10. The summed E-state index contributed by atoms with van der Waals surface area (Å²) >= 11 is 0. The van der Waals surface area contributed by atoms with Gasteiger partial charge in [0.1, 0.15) is 5.75 Å². The summed E-state index contributed by atoms with van der Waals surface area (Å²) in [6.07, 6.45) is 0. The first kappa shape index (κ1) is 13.9. The number of nitrogen functional groups attached to an aromatic ring is 1. The Bertz CT molecular complexity index is 606. The molecule has 2 aromatic rings. The van der Waals surface area contributed by atoms with Gasteiger partial charge in [0.25, 0.3) is 5.91 Å². The van der Waals surface area contributed by atoms with Crippen molar-refractivity contribution in [3.63, 3.8) is 0 Å². The fourth-order valence-electron chi connectivity index (χ4n) is 1.86. The smallest absolute Gasteiger partial charge is 0.255 e. The third-order valence-corrected chi connectivity index (χ3v) is 2.88. The van der Waals surface area contributed by atoms with Crippen LogP contribution in [0.15, 0.2) is 42.5 Å². The summed E-state index contributed by atoms with van der Waals surface area (Å²) in [6, 6.07) is 12.5. The van der Waals surface area contributed by atoms with Crippen molar-refractivity contribution in [2.24, 2.45) is 0 Å². The first-order chi connectivity index (χ1) is 9.60. The summed E-state index contributed by atoms with van der Waals surface area (Å²) in [6.45, 7) is 4.47. The third-order valence-electron chi connectivity index (χ3n) is 2.88. The van der Waals surface area contributed by atoms with E-state index in [1.54, 1.807) is 30.3 Å². The lowest BCUT2D eigenvalue weighted by molar-refractivity contribution is 0.102.